The van der Waals surface area contributed by atoms with Crippen molar-refractivity contribution in [2.24, 2.45) is 0 Å². The van der Waals surface area contributed by atoms with Gasteiger partial charge in [0.15, 0.2) is 0 Å². The Hall–Kier alpha value is -2.72. The highest BCUT2D eigenvalue weighted by Gasteiger charge is 2.13. The summed E-state index contributed by atoms with van der Waals surface area (Å²) in [6.45, 7) is 4.06. The number of carbonyl (C=O) groups is 1. The van der Waals surface area contributed by atoms with Crippen molar-refractivity contribution in [3.8, 4) is 0 Å². The first-order valence-corrected chi connectivity index (χ1v) is 8.41. The van der Waals surface area contributed by atoms with Gasteiger partial charge in [0.05, 0.1) is 22.9 Å². The van der Waals surface area contributed by atoms with Gasteiger partial charge in [-0.2, -0.15) is 0 Å². The molecule has 25 heavy (non-hydrogen) atoms. The van der Waals surface area contributed by atoms with E-state index in [2.05, 4.69) is 10.3 Å². The van der Waals surface area contributed by atoms with Crippen molar-refractivity contribution in [2.75, 3.05) is 6.54 Å². The number of nitrogens with one attached hydrogen (secondary N) is 1. The number of fused-ring (bicyclic) bond motifs is 1. The van der Waals surface area contributed by atoms with Gasteiger partial charge in [-0.3, -0.25) is 9.78 Å². The Kier molecular flexibility index (Phi) is 5.10. The fraction of sp³-hybridized carbons (Fsp3) is 0.238. The summed E-state index contributed by atoms with van der Waals surface area (Å²) in [6.07, 6.45) is -0.113. The van der Waals surface area contributed by atoms with Crippen molar-refractivity contribution in [3.63, 3.8) is 0 Å². The molecular weight excluding hydrogens is 312 g/mol. The Morgan fingerprint density at radius 2 is 1.88 bits per heavy atom. The maximum atomic E-state index is 12.5. The van der Waals surface area contributed by atoms with Crippen LogP contribution < -0.4 is 5.32 Å². The van der Waals surface area contributed by atoms with Gasteiger partial charge in [-0.15, -0.1) is 0 Å². The number of hydrogen-bond acceptors (Lipinski definition) is 3. The molecule has 0 radical (unpaired) electrons. The average molecular weight is 334 g/mol. The molecule has 0 fully saturated rings. The van der Waals surface area contributed by atoms with Crippen LogP contribution in [0.15, 0.2) is 54.6 Å². The zero-order chi connectivity index (χ0) is 17.8. The molecule has 128 valence electrons. The van der Waals surface area contributed by atoms with E-state index in [1.54, 1.807) is 0 Å². The van der Waals surface area contributed by atoms with E-state index in [1.807, 2.05) is 68.4 Å². The highest BCUT2D eigenvalue weighted by molar-refractivity contribution is 5.98. The molecule has 1 heterocycles. The smallest absolute Gasteiger partial charge is 0.253 e. The van der Waals surface area contributed by atoms with Gasteiger partial charge in [-0.1, -0.05) is 42.5 Å². The summed E-state index contributed by atoms with van der Waals surface area (Å²) in [5, 5.41) is 13.9. The normalized spacial score (nSPS) is 12.1. The van der Waals surface area contributed by atoms with E-state index in [0.717, 1.165) is 22.0 Å². The van der Waals surface area contributed by atoms with Crippen LogP contribution in [0.25, 0.3) is 10.9 Å². The summed E-state index contributed by atoms with van der Waals surface area (Å²) in [6, 6.07) is 17.6. The molecule has 2 N–H and O–H groups in total. The van der Waals surface area contributed by atoms with Gasteiger partial charge in [-0.25, -0.2) is 0 Å². The number of aromatic nitrogens is 1. The molecule has 0 saturated carbocycles. The minimum absolute atomic E-state index is 0.207. The van der Waals surface area contributed by atoms with E-state index in [0.29, 0.717) is 17.7 Å². The fourth-order valence-electron chi connectivity index (χ4n) is 2.87. The SMILES string of the molecule is Cc1ccc2cc(C(=O)NCC(O)Cc3ccccc3)c(C)nc2c1. The minimum Gasteiger partial charge on any atom is -0.391 e. The highest BCUT2D eigenvalue weighted by Crippen LogP contribution is 2.18. The van der Waals surface area contributed by atoms with E-state index in [-0.39, 0.29) is 12.5 Å². The summed E-state index contributed by atoms with van der Waals surface area (Å²) in [7, 11) is 0. The molecule has 3 aromatic rings. The molecule has 2 aromatic carbocycles. The fourth-order valence-corrected chi connectivity index (χ4v) is 2.87. The number of nitrogens with zero attached hydrogens (tertiary/aromatic N) is 1. The molecule has 1 aromatic heterocycles. The lowest BCUT2D eigenvalue weighted by molar-refractivity contribution is 0.0915. The molecule has 0 spiro atoms. The molecule has 0 aliphatic heterocycles. The Bertz CT molecular complexity index is 891. The van der Waals surface area contributed by atoms with Crippen LogP contribution in [0.2, 0.25) is 0 Å². The van der Waals surface area contributed by atoms with Gasteiger partial charge in [0, 0.05) is 18.4 Å². The lowest BCUT2D eigenvalue weighted by atomic mass is 10.1. The number of amides is 1. The second-order valence-corrected chi connectivity index (χ2v) is 6.37. The van der Waals surface area contributed by atoms with Crippen LogP contribution in [0.3, 0.4) is 0 Å². The van der Waals surface area contributed by atoms with Crippen LogP contribution in [0, 0.1) is 13.8 Å². The number of carbonyl (C=O) groups excluding carboxylic acids is 1. The summed E-state index contributed by atoms with van der Waals surface area (Å²) in [5.74, 6) is -0.209. The Morgan fingerprint density at radius 1 is 1.12 bits per heavy atom. The molecule has 0 aliphatic carbocycles. The number of aryl methyl sites for hydroxylation is 2. The number of hydrogen-bond donors (Lipinski definition) is 2. The number of aliphatic hydroxyl groups is 1. The van der Waals surface area contributed by atoms with Crippen LogP contribution in [-0.4, -0.2) is 28.6 Å². The van der Waals surface area contributed by atoms with Crippen molar-refractivity contribution in [1.82, 2.24) is 10.3 Å². The lowest BCUT2D eigenvalue weighted by Gasteiger charge is -2.13. The predicted octanol–water partition coefficient (Wildman–Crippen LogP) is 3.19. The van der Waals surface area contributed by atoms with Gasteiger partial charge < -0.3 is 10.4 Å². The number of rotatable bonds is 5. The van der Waals surface area contributed by atoms with Crippen LogP contribution in [0.1, 0.15) is 27.2 Å². The van der Waals surface area contributed by atoms with Crippen molar-refractivity contribution >= 4 is 16.8 Å². The van der Waals surface area contributed by atoms with Gasteiger partial charge >= 0.3 is 0 Å². The van der Waals surface area contributed by atoms with Gasteiger partial charge in [-0.05, 0) is 37.1 Å². The third-order valence-corrected chi connectivity index (χ3v) is 4.22. The van der Waals surface area contributed by atoms with Crippen molar-refractivity contribution in [1.29, 1.82) is 0 Å². The van der Waals surface area contributed by atoms with Crippen molar-refractivity contribution < 1.29 is 9.90 Å². The summed E-state index contributed by atoms with van der Waals surface area (Å²) in [5.41, 5.74) is 4.30. The summed E-state index contributed by atoms with van der Waals surface area (Å²) >= 11 is 0. The summed E-state index contributed by atoms with van der Waals surface area (Å²) < 4.78 is 0. The van der Waals surface area contributed by atoms with Gasteiger partial charge in [0.1, 0.15) is 0 Å². The number of pyridine rings is 1. The summed E-state index contributed by atoms with van der Waals surface area (Å²) in [4.78, 5) is 17.0. The molecule has 4 heteroatoms. The quantitative estimate of drug-likeness (QED) is 0.753. The Labute approximate surface area is 147 Å². The monoisotopic (exact) mass is 334 g/mol. The van der Waals surface area contributed by atoms with E-state index >= 15 is 0 Å². The Morgan fingerprint density at radius 3 is 2.64 bits per heavy atom. The first-order chi connectivity index (χ1) is 12.0. The molecule has 1 amide bonds. The molecule has 0 aliphatic rings. The van der Waals surface area contributed by atoms with Crippen molar-refractivity contribution in [3.05, 3.63) is 77.0 Å². The number of benzene rings is 2. The first kappa shape index (κ1) is 17.1. The third kappa shape index (κ3) is 4.22. The molecular formula is C21H22N2O2. The lowest BCUT2D eigenvalue weighted by Crippen LogP contribution is -2.33. The predicted molar refractivity (Wildman–Crippen MR) is 99.7 cm³/mol. The maximum Gasteiger partial charge on any atom is 0.253 e. The second-order valence-electron chi connectivity index (χ2n) is 6.37. The molecule has 1 unspecified atom stereocenters. The molecule has 3 rings (SSSR count). The molecule has 0 saturated heterocycles. The zero-order valence-corrected chi connectivity index (χ0v) is 14.5. The topological polar surface area (TPSA) is 62.2 Å². The van der Waals surface area contributed by atoms with Crippen molar-refractivity contribution in [2.45, 2.75) is 26.4 Å². The van der Waals surface area contributed by atoms with Crippen LogP contribution in [0.4, 0.5) is 0 Å². The zero-order valence-electron chi connectivity index (χ0n) is 14.5. The number of aliphatic hydroxyl groups excluding tert-OH is 1. The first-order valence-electron chi connectivity index (χ1n) is 8.41. The van der Waals surface area contributed by atoms with Crippen LogP contribution in [-0.2, 0) is 6.42 Å². The molecule has 4 nitrogen and oxygen atoms in total. The molecule has 1 atom stereocenters. The average Bonchev–Trinajstić information content (AvgIpc) is 2.60. The van der Waals surface area contributed by atoms with Crippen LogP contribution >= 0.6 is 0 Å². The van der Waals surface area contributed by atoms with E-state index in [1.165, 1.54) is 0 Å². The standard InChI is InChI=1S/C21H22N2O2/c1-14-8-9-17-12-19(15(2)23-20(17)10-14)21(25)22-13-18(24)11-16-6-4-3-5-7-16/h3-10,12,18,24H,11,13H2,1-2H3,(H,22,25). The molecule has 0 bridgehead atoms. The van der Waals surface area contributed by atoms with Crippen LogP contribution in [0.5, 0.6) is 0 Å². The minimum atomic E-state index is -0.622. The van der Waals surface area contributed by atoms with Gasteiger partial charge in [0.2, 0.25) is 0 Å². The third-order valence-electron chi connectivity index (χ3n) is 4.22. The van der Waals surface area contributed by atoms with E-state index in [4.69, 9.17) is 0 Å². The van der Waals surface area contributed by atoms with E-state index < -0.39 is 6.10 Å². The van der Waals surface area contributed by atoms with Gasteiger partial charge in [0.25, 0.3) is 5.91 Å². The second kappa shape index (κ2) is 7.45. The Balaban J connectivity index is 1.67. The van der Waals surface area contributed by atoms with E-state index in [9.17, 15) is 9.90 Å². The maximum absolute atomic E-state index is 12.5. The highest BCUT2D eigenvalue weighted by atomic mass is 16.3. The largest absolute Gasteiger partial charge is 0.391 e.